The summed E-state index contributed by atoms with van der Waals surface area (Å²) in [6.45, 7) is 0.290. The first-order valence-electron chi connectivity index (χ1n) is 10.6. The molecule has 1 fully saturated rings. The van der Waals surface area contributed by atoms with Crippen molar-refractivity contribution in [2.24, 2.45) is 10.9 Å². The molecule has 1 unspecified atom stereocenters. The highest BCUT2D eigenvalue weighted by atomic mass is 16.4. The van der Waals surface area contributed by atoms with Gasteiger partial charge in [-0.15, -0.1) is 0 Å². The standard InChI is InChI=1S/C24H25N5O5/c25-27-15-18-9-7-17(8-10-18)11-12-20(30)26-13-4-14-28-16-21(31)29(24(28)34)22(23(32)33)19-5-2-1-3-6-19/h1-3,5-12,15,22H,4,13-14,16,25H2,(H,26,30)(H,32,33). The number of benzene rings is 2. The van der Waals surface area contributed by atoms with Gasteiger partial charge in [0, 0.05) is 19.2 Å². The van der Waals surface area contributed by atoms with Crippen molar-refractivity contribution in [3.8, 4) is 0 Å². The maximum absolute atomic E-state index is 12.7. The molecule has 2 aromatic rings. The SMILES string of the molecule is NN=Cc1ccc(C=CC(=O)NCCCN2CC(=O)N(C(C(=O)O)c3ccccc3)C2=O)cc1. The number of carbonyl (C=O) groups excluding carboxylic acids is 3. The van der Waals surface area contributed by atoms with E-state index in [9.17, 15) is 24.3 Å². The number of carboxylic acids is 1. The Hall–Kier alpha value is -4.47. The summed E-state index contributed by atoms with van der Waals surface area (Å²) in [6.07, 6.45) is 4.98. The molecular formula is C24H25N5O5. The molecule has 4 amide bonds. The Labute approximate surface area is 196 Å². The Bertz CT molecular complexity index is 1100. The molecule has 10 heteroatoms. The Morgan fingerprint density at radius 1 is 1.09 bits per heavy atom. The molecule has 176 valence electrons. The predicted molar refractivity (Wildman–Crippen MR) is 126 cm³/mol. The lowest BCUT2D eigenvalue weighted by Crippen LogP contribution is -2.40. The molecule has 1 atom stereocenters. The van der Waals surface area contributed by atoms with E-state index < -0.39 is 23.9 Å². The van der Waals surface area contributed by atoms with Gasteiger partial charge in [0.1, 0.15) is 6.54 Å². The lowest BCUT2D eigenvalue weighted by atomic mass is 10.1. The van der Waals surface area contributed by atoms with Crippen molar-refractivity contribution >= 4 is 36.1 Å². The molecule has 3 rings (SSSR count). The van der Waals surface area contributed by atoms with E-state index in [1.54, 1.807) is 36.4 Å². The van der Waals surface area contributed by atoms with Crippen molar-refractivity contribution < 1.29 is 24.3 Å². The highest BCUT2D eigenvalue weighted by Crippen LogP contribution is 2.26. The number of nitrogens with zero attached hydrogens (tertiary/aromatic N) is 3. The number of rotatable bonds is 10. The monoisotopic (exact) mass is 463 g/mol. The van der Waals surface area contributed by atoms with Crippen LogP contribution in [0.2, 0.25) is 0 Å². The van der Waals surface area contributed by atoms with E-state index in [1.165, 1.54) is 17.2 Å². The normalized spacial score (nSPS) is 14.8. The minimum atomic E-state index is -1.38. The van der Waals surface area contributed by atoms with Crippen LogP contribution in [0, 0.1) is 0 Å². The molecule has 0 spiro atoms. The van der Waals surface area contributed by atoms with Gasteiger partial charge in [0.25, 0.3) is 5.91 Å². The molecule has 1 aliphatic rings. The number of aliphatic carboxylic acids is 1. The van der Waals surface area contributed by atoms with Gasteiger partial charge in [-0.2, -0.15) is 5.10 Å². The molecule has 0 bridgehead atoms. The van der Waals surface area contributed by atoms with Crippen molar-refractivity contribution in [1.29, 1.82) is 0 Å². The van der Waals surface area contributed by atoms with E-state index in [1.807, 2.05) is 24.3 Å². The van der Waals surface area contributed by atoms with Gasteiger partial charge in [0.05, 0.1) is 6.21 Å². The molecule has 2 aromatic carbocycles. The topological polar surface area (TPSA) is 145 Å². The third kappa shape index (κ3) is 6.06. The highest BCUT2D eigenvalue weighted by Gasteiger charge is 2.43. The number of hydrazone groups is 1. The molecule has 4 N–H and O–H groups in total. The Morgan fingerprint density at radius 3 is 2.41 bits per heavy atom. The van der Waals surface area contributed by atoms with Gasteiger partial charge < -0.3 is 21.2 Å². The molecule has 0 radical (unpaired) electrons. The molecule has 1 heterocycles. The van der Waals surface area contributed by atoms with E-state index in [4.69, 9.17) is 5.84 Å². The number of nitrogens with two attached hydrogens (primary N) is 1. The number of hydrogen-bond donors (Lipinski definition) is 3. The zero-order valence-corrected chi connectivity index (χ0v) is 18.3. The number of carboxylic acid groups (broad SMARTS) is 1. The van der Waals surface area contributed by atoms with Crippen LogP contribution in [-0.4, -0.2) is 64.6 Å². The van der Waals surface area contributed by atoms with Crippen molar-refractivity contribution in [2.75, 3.05) is 19.6 Å². The van der Waals surface area contributed by atoms with Gasteiger partial charge >= 0.3 is 12.0 Å². The number of imide groups is 1. The zero-order valence-electron chi connectivity index (χ0n) is 18.3. The minimum Gasteiger partial charge on any atom is -0.479 e. The van der Waals surface area contributed by atoms with Gasteiger partial charge in [-0.05, 0) is 29.2 Å². The van der Waals surface area contributed by atoms with Crippen LogP contribution in [0.4, 0.5) is 4.79 Å². The van der Waals surface area contributed by atoms with Gasteiger partial charge in [-0.25, -0.2) is 14.5 Å². The molecule has 0 saturated carbocycles. The van der Waals surface area contributed by atoms with Gasteiger partial charge in [0.15, 0.2) is 6.04 Å². The van der Waals surface area contributed by atoms with Crippen molar-refractivity contribution in [2.45, 2.75) is 12.5 Å². The molecule has 1 aliphatic heterocycles. The first kappa shape index (κ1) is 24.2. The first-order valence-corrected chi connectivity index (χ1v) is 10.6. The summed E-state index contributed by atoms with van der Waals surface area (Å²) in [7, 11) is 0. The van der Waals surface area contributed by atoms with E-state index in [-0.39, 0.29) is 25.5 Å². The number of hydrogen-bond acceptors (Lipinski definition) is 6. The summed E-state index contributed by atoms with van der Waals surface area (Å²) in [4.78, 5) is 51.1. The van der Waals surface area contributed by atoms with Crippen LogP contribution < -0.4 is 11.2 Å². The van der Waals surface area contributed by atoms with Crippen molar-refractivity contribution in [3.63, 3.8) is 0 Å². The molecule has 1 saturated heterocycles. The van der Waals surface area contributed by atoms with Crippen LogP contribution in [0.25, 0.3) is 6.08 Å². The Balaban J connectivity index is 1.48. The van der Waals surface area contributed by atoms with Crippen LogP contribution in [0.1, 0.15) is 29.2 Å². The van der Waals surface area contributed by atoms with Gasteiger partial charge in [-0.3, -0.25) is 9.59 Å². The third-order valence-electron chi connectivity index (χ3n) is 5.17. The summed E-state index contributed by atoms with van der Waals surface area (Å²) in [5.74, 6) is 2.95. The fourth-order valence-corrected chi connectivity index (χ4v) is 3.52. The second kappa shape index (κ2) is 11.4. The fourth-order valence-electron chi connectivity index (χ4n) is 3.52. The maximum Gasteiger partial charge on any atom is 0.331 e. The zero-order chi connectivity index (χ0) is 24.5. The fraction of sp³-hybridized carbons (Fsp3) is 0.208. The molecule has 0 aliphatic carbocycles. The first-order chi connectivity index (χ1) is 16.4. The highest BCUT2D eigenvalue weighted by molar-refractivity contribution is 6.05. The Morgan fingerprint density at radius 2 is 1.76 bits per heavy atom. The molecule has 0 aromatic heterocycles. The average molecular weight is 463 g/mol. The van der Waals surface area contributed by atoms with Crippen molar-refractivity contribution in [1.82, 2.24) is 15.1 Å². The number of amides is 4. The van der Waals surface area contributed by atoms with Gasteiger partial charge in [-0.1, -0.05) is 54.6 Å². The van der Waals surface area contributed by atoms with Crippen molar-refractivity contribution in [3.05, 3.63) is 77.4 Å². The molecular weight excluding hydrogens is 438 g/mol. The van der Waals surface area contributed by atoms with Gasteiger partial charge in [0.2, 0.25) is 5.91 Å². The number of urea groups is 1. The summed E-state index contributed by atoms with van der Waals surface area (Å²) < 4.78 is 0. The molecule has 10 nitrogen and oxygen atoms in total. The van der Waals surface area contributed by atoms with Crippen LogP contribution in [0.5, 0.6) is 0 Å². The summed E-state index contributed by atoms with van der Waals surface area (Å²) in [6, 6.07) is 13.4. The third-order valence-corrected chi connectivity index (χ3v) is 5.17. The lowest BCUT2D eigenvalue weighted by molar-refractivity contribution is -0.146. The van der Waals surface area contributed by atoms with Crippen LogP contribution in [-0.2, 0) is 14.4 Å². The maximum atomic E-state index is 12.7. The minimum absolute atomic E-state index is 0.200. The summed E-state index contributed by atoms with van der Waals surface area (Å²) in [5.41, 5.74) is 2.02. The van der Waals surface area contributed by atoms with E-state index in [0.717, 1.165) is 16.0 Å². The second-order valence-corrected chi connectivity index (χ2v) is 7.54. The quantitative estimate of drug-likeness (QED) is 0.122. The summed E-state index contributed by atoms with van der Waals surface area (Å²) in [5, 5.41) is 15.8. The molecule has 34 heavy (non-hydrogen) atoms. The summed E-state index contributed by atoms with van der Waals surface area (Å²) >= 11 is 0. The van der Waals surface area contributed by atoms with E-state index in [2.05, 4.69) is 10.4 Å². The average Bonchev–Trinajstić information content (AvgIpc) is 3.10. The Kier molecular flexibility index (Phi) is 8.11. The van der Waals surface area contributed by atoms with Crippen LogP contribution >= 0.6 is 0 Å². The predicted octanol–water partition coefficient (Wildman–Crippen LogP) is 1.59. The largest absolute Gasteiger partial charge is 0.479 e. The van der Waals surface area contributed by atoms with Crippen LogP contribution in [0.3, 0.4) is 0 Å². The lowest BCUT2D eigenvalue weighted by Gasteiger charge is -2.23. The van der Waals surface area contributed by atoms with E-state index >= 15 is 0 Å². The number of nitrogens with one attached hydrogen (secondary N) is 1. The number of carbonyl (C=O) groups is 4. The van der Waals surface area contributed by atoms with Crippen LogP contribution in [0.15, 0.2) is 65.8 Å². The smallest absolute Gasteiger partial charge is 0.331 e. The van der Waals surface area contributed by atoms with E-state index in [0.29, 0.717) is 12.0 Å². The second-order valence-electron chi connectivity index (χ2n) is 7.54.